The zero-order chi connectivity index (χ0) is 14.4. The summed E-state index contributed by atoms with van der Waals surface area (Å²) in [6, 6.07) is 4.47. The summed E-state index contributed by atoms with van der Waals surface area (Å²) < 4.78 is 5.85. The third kappa shape index (κ3) is 5.17. The SMILES string of the molecule is CC1CCCC(OCC(O)CN[C@H](C)c2cccs2)C1. The number of rotatable bonds is 7. The maximum atomic E-state index is 10.0. The maximum Gasteiger partial charge on any atom is 0.0898 e. The second kappa shape index (κ2) is 8.13. The molecule has 2 rings (SSSR count). The molecule has 1 aromatic heterocycles. The molecule has 1 aliphatic rings. The van der Waals surface area contributed by atoms with Gasteiger partial charge in [-0.1, -0.05) is 25.8 Å². The first-order chi connectivity index (χ1) is 9.65. The third-order valence-corrected chi connectivity index (χ3v) is 5.10. The average Bonchev–Trinajstić information content (AvgIpc) is 2.97. The van der Waals surface area contributed by atoms with E-state index in [-0.39, 0.29) is 0 Å². The standard InChI is InChI=1S/C16H27NO2S/c1-12-5-3-6-15(9-12)19-11-14(18)10-17-13(2)16-7-4-8-20-16/h4,7-8,12-15,17-18H,3,5-6,9-11H2,1-2H3/t12?,13-,14?,15?/m1/s1. The van der Waals surface area contributed by atoms with Crippen LogP contribution in [0.25, 0.3) is 0 Å². The van der Waals surface area contributed by atoms with Crippen molar-refractivity contribution in [2.75, 3.05) is 13.2 Å². The maximum absolute atomic E-state index is 10.0. The molecule has 4 atom stereocenters. The zero-order valence-electron chi connectivity index (χ0n) is 12.5. The van der Waals surface area contributed by atoms with Gasteiger partial charge in [-0.05, 0) is 37.1 Å². The molecule has 1 aromatic rings. The van der Waals surface area contributed by atoms with Gasteiger partial charge in [-0.15, -0.1) is 11.3 Å². The Balaban J connectivity index is 1.61. The summed E-state index contributed by atoms with van der Waals surface area (Å²) in [4.78, 5) is 1.30. The van der Waals surface area contributed by atoms with Crippen molar-refractivity contribution in [3.05, 3.63) is 22.4 Å². The van der Waals surface area contributed by atoms with Gasteiger partial charge < -0.3 is 15.2 Å². The van der Waals surface area contributed by atoms with Gasteiger partial charge in [-0.3, -0.25) is 0 Å². The highest BCUT2D eigenvalue weighted by Crippen LogP contribution is 2.25. The van der Waals surface area contributed by atoms with Crippen LogP contribution in [0.2, 0.25) is 0 Å². The van der Waals surface area contributed by atoms with E-state index in [9.17, 15) is 5.11 Å². The molecule has 1 aliphatic carbocycles. The van der Waals surface area contributed by atoms with E-state index in [4.69, 9.17) is 4.74 Å². The first-order valence-electron chi connectivity index (χ1n) is 7.71. The highest BCUT2D eigenvalue weighted by Gasteiger charge is 2.20. The molecular weight excluding hydrogens is 270 g/mol. The number of thiophene rings is 1. The molecule has 0 bridgehead atoms. The van der Waals surface area contributed by atoms with Crippen molar-refractivity contribution in [3.8, 4) is 0 Å². The molecule has 3 unspecified atom stereocenters. The summed E-state index contributed by atoms with van der Waals surface area (Å²) >= 11 is 1.74. The Morgan fingerprint density at radius 3 is 3.05 bits per heavy atom. The summed E-state index contributed by atoms with van der Waals surface area (Å²) in [6.07, 6.45) is 4.80. The molecule has 4 heteroatoms. The Morgan fingerprint density at radius 2 is 2.35 bits per heavy atom. The van der Waals surface area contributed by atoms with Gasteiger partial charge in [0, 0.05) is 17.5 Å². The van der Waals surface area contributed by atoms with Gasteiger partial charge in [0.05, 0.1) is 18.8 Å². The molecule has 0 spiro atoms. The van der Waals surface area contributed by atoms with Crippen LogP contribution in [0, 0.1) is 5.92 Å². The first kappa shape index (κ1) is 16.0. The van der Waals surface area contributed by atoms with Crippen molar-refractivity contribution < 1.29 is 9.84 Å². The minimum absolute atomic E-state index is 0.291. The van der Waals surface area contributed by atoms with Crippen molar-refractivity contribution in [1.82, 2.24) is 5.32 Å². The fraction of sp³-hybridized carbons (Fsp3) is 0.750. The van der Waals surface area contributed by atoms with Crippen LogP contribution in [-0.4, -0.2) is 30.5 Å². The molecule has 1 heterocycles. The molecule has 2 N–H and O–H groups in total. The van der Waals surface area contributed by atoms with E-state index in [1.165, 1.54) is 17.7 Å². The molecule has 1 fully saturated rings. The van der Waals surface area contributed by atoms with Crippen molar-refractivity contribution >= 4 is 11.3 Å². The average molecular weight is 297 g/mol. The summed E-state index contributed by atoms with van der Waals surface area (Å²) in [7, 11) is 0. The Labute approximate surface area is 126 Å². The highest BCUT2D eigenvalue weighted by molar-refractivity contribution is 7.10. The fourth-order valence-corrected chi connectivity index (χ4v) is 3.55. The Morgan fingerprint density at radius 1 is 1.50 bits per heavy atom. The molecule has 20 heavy (non-hydrogen) atoms. The van der Waals surface area contributed by atoms with Crippen molar-refractivity contribution in [2.45, 2.75) is 57.8 Å². The normalized spacial score (nSPS) is 26.4. The smallest absolute Gasteiger partial charge is 0.0898 e. The van der Waals surface area contributed by atoms with Crippen LogP contribution >= 0.6 is 11.3 Å². The van der Waals surface area contributed by atoms with Crippen molar-refractivity contribution in [3.63, 3.8) is 0 Å². The lowest BCUT2D eigenvalue weighted by Gasteiger charge is -2.27. The van der Waals surface area contributed by atoms with E-state index < -0.39 is 6.10 Å². The van der Waals surface area contributed by atoms with Gasteiger partial charge in [0.25, 0.3) is 0 Å². The van der Waals surface area contributed by atoms with Crippen LogP contribution in [0.4, 0.5) is 0 Å². The molecule has 3 nitrogen and oxygen atoms in total. The summed E-state index contributed by atoms with van der Waals surface area (Å²) in [5.74, 6) is 0.767. The monoisotopic (exact) mass is 297 g/mol. The van der Waals surface area contributed by atoms with Crippen molar-refractivity contribution in [2.24, 2.45) is 5.92 Å². The zero-order valence-corrected chi connectivity index (χ0v) is 13.4. The minimum Gasteiger partial charge on any atom is -0.389 e. The van der Waals surface area contributed by atoms with E-state index in [1.54, 1.807) is 11.3 Å². The lowest BCUT2D eigenvalue weighted by molar-refractivity contribution is -0.0310. The topological polar surface area (TPSA) is 41.5 Å². The quantitative estimate of drug-likeness (QED) is 0.811. The van der Waals surface area contributed by atoms with E-state index >= 15 is 0 Å². The molecule has 0 saturated heterocycles. The number of hydrogen-bond acceptors (Lipinski definition) is 4. The largest absolute Gasteiger partial charge is 0.389 e. The minimum atomic E-state index is -0.422. The Hall–Kier alpha value is -0.420. The number of ether oxygens (including phenoxy) is 1. The number of nitrogens with one attached hydrogen (secondary N) is 1. The second-order valence-electron chi connectivity index (χ2n) is 6.03. The molecular formula is C16H27NO2S. The van der Waals surface area contributed by atoms with E-state index in [1.807, 2.05) is 0 Å². The molecule has 0 aromatic carbocycles. The van der Waals surface area contributed by atoms with Crippen LogP contribution in [0.5, 0.6) is 0 Å². The van der Waals surface area contributed by atoms with Crippen LogP contribution in [0.3, 0.4) is 0 Å². The Kier molecular flexibility index (Phi) is 6.49. The van der Waals surface area contributed by atoms with E-state index in [2.05, 4.69) is 36.7 Å². The summed E-state index contributed by atoms with van der Waals surface area (Å²) in [6.45, 7) is 5.45. The van der Waals surface area contributed by atoms with Crippen molar-refractivity contribution in [1.29, 1.82) is 0 Å². The number of aliphatic hydroxyl groups is 1. The number of aliphatic hydroxyl groups excluding tert-OH is 1. The fourth-order valence-electron chi connectivity index (χ4n) is 2.79. The first-order valence-corrected chi connectivity index (χ1v) is 8.59. The summed E-state index contributed by atoms with van der Waals surface area (Å²) in [5, 5.41) is 15.5. The highest BCUT2D eigenvalue weighted by atomic mass is 32.1. The molecule has 1 saturated carbocycles. The van der Waals surface area contributed by atoms with Gasteiger partial charge in [0.1, 0.15) is 0 Å². The number of hydrogen-bond donors (Lipinski definition) is 2. The molecule has 0 amide bonds. The predicted octanol–water partition coefficient (Wildman–Crippen LogP) is 3.35. The van der Waals surface area contributed by atoms with E-state index in [0.29, 0.717) is 25.3 Å². The van der Waals surface area contributed by atoms with Gasteiger partial charge in [0.15, 0.2) is 0 Å². The van der Waals surface area contributed by atoms with Gasteiger partial charge >= 0.3 is 0 Å². The lowest BCUT2D eigenvalue weighted by Crippen LogP contribution is -2.34. The van der Waals surface area contributed by atoms with E-state index in [0.717, 1.165) is 18.8 Å². The lowest BCUT2D eigenvalue weighted by atomic mass is 9.89. The van der Waals surface area contributed by atoms with Crippen LogP contribution in [-0.2, 0) is 4.74 Å². The van der Waals surface area contributed by atoms with Crippen LogP contribution < -0.4 is 5.32 Å². The van der Waals surface area contributed by atoms with Crippen LogP contribution in [0.15, 0.2) is 17.5 Å². The molecule has 114 valence electrons. The van der Waals surface area contributed by atoms with Gasteiger partial charge in [-0.2, -0.15) is 0 Å². The van der Waals surface area contributed by atoms with Crippen LogP contribution in [0.1, 0.15) is 50.4 Å². The Bertz CT molecular complexity index is 369. The van der Waals surface area contributed by atoms with Gasteiger partial charge in [-0.25, -0.2) is 0 Å². The molecule has 0 aliphatic heterocycles. The second-order valence-corrected chi connectivity index (χ2v) is 7.01. The summed E-state index contributed by atoms with van der Waals surface area (Å²) in [5.41, 5.74) is 0. The third-order valence-electron chi connectivity index (χ3n) is 4.04. The molecule has 0 radical (unpaired) electrons. The predicted molar refractivity (Wildman–Crippen MR) is 84.1 cm³/mol. The van der Waals surface area contributed by atoms with Gasteiger partial charge in [0.2, 0.25) is 0 Å².